The van der Waals surface area contributed by atoms with Gasteiger partial charge in [0.1, 0.15) is 5.82 Å². The molecule has 1 nitrogen and oxygen atoms in total. The maximum absolute atomic E-state index is 13.2. The molecule has 0 saturated carbocycles. The average molecular weight is 292 g/mol. The molecule has 86 valence electrons. The van der Waals surface area contributed by atoms with Gasteiger partial charge in [-0.25, -0.2) is 4.39 Å². The molecule has 3 heteroatoms. The molecule has 17 heavy (non-hydrogen) atoms. The lowest BCUT2D eigenvalue weighted by molar-refractivity contribution is 0.621. The Kier molecular flexibility index (Phi) is 3.69. The van der Waals surface area contributed by atoms with Gasteiger partial charge in [-0.3, -0.25) is 4.99 Å². The normalized spacial score (nSPS) is 11.0. The third-order valence-corrected chi connectivity index (χ3v) is 3.20. The number of halogens is 2. The van der Waals surface area contributed by atoms with Gasteiger partial charge in [0.2, 0.25) is 0 Å². The minimum absolute atomic E-state index is 0.280. The number of aliphatic imine (C=N–C) groups is 1. The molecule has 0 radical (unpaired) electrons. The van der Waals surface area contributed by atoms with Gasteiger partial charge < -0.3 is 0 Å². The molecule has 0 bridgehead atoms. The van der Waals surface area contributed by atoms with E-state index in [4.69, 9.17) is 0 Å². The van der Waals surface area contributed by atoms with Crippen LogP contribution in [0.25, 0.3) is 0 Å². The molecular formula is C14H11BrFN. The SMILES string of the molecule is Cc1ccc(N=Cc2cccc(F)c2Br)cc1. The van der Waals surface area contributed by atoms with Crippen LogP contribution in [-0.4, -0.2) is 6.21 Å². The molecule has 0 fully saturated rings. The highest BCUT2D eigenvalue weighted by Gasteiger charge is 2.01. The largest absolute Gasteiger partial charge is 0.256 e. The van der Waals surface area contributed by atoms with Crippen LogP contribution in [0.15, 0.2) is 51.9 Å². The monoisotopic (exact) mass is 291 g/mol. The standard InChI is InChI=1S/C14H11BrFN/c1-10-5-7-12(8-6-10)17-9-11-3-2-4-13(16)14(11)15/h2-9H,1H3. The van der Waals surface area contributed by atoms with Crippen molar-refractivity contribution >= 4 is 27.8 Å². The van der Waals surface area contributed by atoms with Crippen molar-refractivity contribution in [2.24, 2.45) is 4.99 Å². The van der Waals surface area contributed by atoms with E-state index in [9.17, 15) is 4.39 Å². The lowest BCUT2D eigenvalue weighted by atomic mass is 10.2. The van der Waals surface area contributed by atoms with Gasteiger partial charge in [-0.1, -0.05) is 29.8 Å². The van der Waals surface area contributed by atoms with Gasteiger partial charge in [0.25, 0.3) is 0 Å². The molecule has 0 heterocycles. The summed E-state index contributed by atoms with van der Waals surface area (Å²) in [7, 11) is 0. The molecular weight excluding hydrogens is 281 g/mol. The predicted octanol–water partition coefficient (Wildman–Crippen LogP) is 4.65. The molecule has 0 saturated heterocycles. The zero-order valence-corrected chi connectivity index (χ0v) is 10.9. The number of hydrogen-bond acceptors (Lipinski definition) is 1. The smallest absolute Gasteiger partial charge is 0.138 e. The molecule has 0 aliphatic heterocycles. The van der Waals surface area contributed by atoms with E-state index >= 15 is 0 Å². The van der Waals surface area contributed by atoms with E-state index in [-0.39, 0.29) is 5.82 Å². The van der Waals surface area contributed by atoms with E-state index in [1.165, 1.54) is 11.6 Å². The van der Waals surface area contributed by atoms with Crippen molar-refractivity contribution < 1.29 is 4.39 Å². The van der Waals surface area contributed by atoms with Gasteiger partial charge in [0, 0.05) is 11.8 Å². The summed E-state index contributed by atoms with van der Waals surface area (Å²) in [5.74, 6) is -0.280. The summed E-state index contributed by atoms with van der Waals surface area (Å²) in [5, 5.41) is 0. The predicted molar refractivity (Wildman–Crippen MR) is 72.5 cm³/mol. The molecule has 0 N–H and O–H groups in total. The van der Waals surface area contributed by atoms with E-state index in [1.54, 1.807) is 12.3 Å². The second-order valence-electron chi connectivity index (χ2n) is 3.74. The van der Waals surface area contributed by atoms with Crippen molar-refractivity contribution in [3.8, 4) is 0 Å². The van der Waals surface area contributed by atoms with E-state index in [1.807, 2.05) is 37.3 Å². The quantitative estimate of drug-likeness (QED) is 0.715. The Morgan fingerprint density at radius 2 is 1.82 bits per heavy atom. The first-order valence-electron chi connectivity index (χ1n) is 5.21. The van der Waals surface area contributed by atoms with Crippen LogP contribution in [0.3, 0.4) is 0 Å². The van der Waals surface area contributed by atoms with Gasteiger partial charge in [-0.05, 0) is 41.1 Å². The summed E-state index contributed by atoms with van der Waals surface area (Å²) in [6, 6.07) is 12.7. The first-order chi connectivity index (χ1) is 8.16. The number of benzene rings is 2. The van der Waals surface area contributed by atoms with Crippen LogP contribution in [0.4, 0.5) is 10.1 Å². The Bertz CT molecular complexity index is 547. The molecule has 0 aliphatic carbocycles. The zero-order valence-electron chi connectivity index (χ0n) is 9.32. The van der Waals surface area contributed by atoms with Crippen molar-refractivity contribution in [1.82, 2.24) is 0 Å². The maximum Gasteiger partial charge on any atom is 0.138 e. The fraction of sp³-hybridized carbons (Fsp3) is 0.0714. The van der Waals surface area contributed by atoms with Crippen molar-refractivity contribution in [3.05, 3.63) is 63.9 Å². The molecule has 2 aromatic rings. The highest BCUT2D eigenvalue weighted by molar-refractivity contribution is 9.10. The van der Waals surface area contributed by atoms with E-state index in [0.717, 1.165) is 11.3 Å². The Hall–Kier alpha value is -1.48. The molecule has 0 atom stereocenters. The van der Waals surface area contributed by atoms with Crippen molar-refractivity contribution in [2.45, 2.75) is 6.92 Å². The lowest BCUT2D eigenvalue weighted by Crippen LogP contribution is -1.86. The average Bonchev–Trinajstić information content (AvgIpc) is 2.33. The second kappa shape index (κ2) is 5.23. The Labute approximate surface area is 108 Å². The first kappa shape index (κ1) is 12.0. The number of nitrogens with zero attached hydrogens (tertiary/aromatic N) is 1. The Morgan fingerprint density at radius 3 is 2.53 bits per heavy atom. The van der Waals surface area contributed by atoms with Crippen LogP contribution in [0.5, 0.6) is 0 Å². The number of hydrogen-bond donors (Lipinski definition) is 0. The second-order valence-corrected chi connectivity index (χ2v) is 4.53. The molecule has 0 spiro atoms. The summed E-state index contributed by atoms with van der Waals surface area (Å²) in [5.41, 5.74) is 2.77. The molecule has 0 amide bonds. The summed E-state index contributed by atoms with van der Waals surface area (Å²) in [6.45, 7) is 2.02. The van der Waals surface area contributed by atoms with Crippen LogP contribution in [0.2, 0.25) is 0 Å². The molecule has 0 unspecified atom stereocenters. The highest BCUT2D eigenvalue weighted by Crippen LogP contribution is 2.20. The Morgan fingerprint density at radius 1 is 1.12 bits per heavy atom. The fourth-order valence-corrected chi connectivity index (χ4v) is 1.76. The molecule has 2 rings (SSSR count). The lowest BCUT2D eigenvalue weighted by Gasteiger charge is -1.99. The van der Waals surface area contributed by atoms with Crippen LogP contribution < -0.4 is 0 Å². The molecule has 2 aromatic carbocycles. The molecule has 0 aromatic heterocycles. The topological polar surface area (TPSA) is 12.4 Å². The zero-order chi connectivity index (χ0) is 12.3. The maximum atomic E-state index is 13.2. The summed E-state index contributed by atoms with van der Waals surface area (Å²) < 4.78 is 13.7. The third kappa shape index (κ3) is 3.01. The minimum Gasteiger partial charge on any atom is -0.256 e. The molecule has 0 aliphatic rings. The van der Waals surface area contributed by atoms with Crippen LogP contribution >= 0.6 is 15.9 Å². The van der Waals surface area contributed by atoms with Gasteiger partial charge in [0.15, 0.2) is 0 Å². The van der Waals surface area contributed by atoms with Crippen molar-refractivity contribution in [2.75, 3.05) is 0 Å². The Balaban J connectivity index is 2.26. The summed E-state index contributed by atoms with van der Waals surface area (Å²) >= 11 is 3.20. The van der Waals surface area contributed by atoms with E-state index in [2.05, 4.69) is 20.9 Å². The van der Waals surface area contributed by atoms with Gasteiger partial charge in [-0.15, -0.1) is 0 Å². The minimum atomic E-state index is -0.280. The van der Waals surface area contributed by atoms with E-state index in [0.29, 0.717) is 4.47 Å². The number of aryl methyl sites for hydroxylation is 1. The van der Waals surface area contributed by atoms with Gasteiger partial charge in [-0.2, -0.15) is 0 Å². The van der Waals surface area contributed by atoms with Crippen LogP contribution in [-0.2, 0) is 0 Å². The van der Waals surface area contributed by atoms with Crippen molar-refractivity contribution in [1.29, 1.82) is 0 Å². The van der Waals surface area contributed by atoms with Gasteiger partial charge >= 0.3 is 0 Å². The first-order valence-corrected chi connectivity index (χ1v) is 6.01. The van der Waals surface area contributed by atoms with Gasteiger partial charge in [0.05, 0.1) is 10.2 Å². The summed E-state index contributed by atoms with van der Waals surface area (Å²) in [6.07, 6.45) is 1.65. The van der Waals surface area contributed by atoms with Crippen LogP contribution in [0, 0.1) is 12.7 Å². The van der Waals surface area contributed by atoms with E-state index < -0.39 is 0 Å². The fourth-order valence-electron chi connectivity index (χ4n) is 1.40. The number of rotatable bonds is 2. The third-order valence-electron chi connectivity index (χ3n) is 2.37. The van der Waals surface area contributed by atoms with Crippen molar-refractivity contribution in [3.63, 3.8) is 0 Å². The van der Waals surface area contributed by atoms with Crippen LogP contribution in [0.1, 0.15) is 11.1 Å². The summed E-state index contributed by atoms with van der Waals surface area (Å²) in [4.78, 5) is 4.30. The highest BCUT2D eigenvalue weighted by atomic mass is 79.9.